The van der Waals surface area contributed by atoms with Crippen LogP contribution in [0.2, 0.25) is 0 Å². The summed E-state index contributed by atoms with van der Waals surface area (Å²) in [6.45, 7) is 5.97. The predicted octanol–water partition coefficient (Wildman–Crippen LogP) is 3.41. The number of carbonyl (C=O) groups is 1. The summed E-state index contributed by atoms with van der Waals surface area (Å²) >= 11 is 3.47. The van der Waals surface area contributed by atoms with Crippen LogP contribution < -0.4 is 4.90 Å². The summed E-state index contributed by atoms with van der Waals surface area (Å²) in [6.07, 6.45) is 3.75. The van der Waals surface area contributed by atoms with Crippen LogP contribution in [0.4, 0.5) is 5.69 Å². The second kappa shape index (κ2) is 6.60. The molecule has 1 aromatic carbocycles. The van der Waals surface area contributed by atoms with Gasteiger partial charge in [-0.25, -0.2) is 8.42 Å². The molecule has 5 nitrogen and oxygen atoms in total. The zero-order valence-electron chi connectivity index (χ0n) is 15.2. The van der Waals surface area contributed by atoms with Crippen molar-refractivity contribution in [3.05, 3.63) is 22.2 Å². The number of anilines is 1. The number of benzene rings is 1. The molecule has 2 fully saturated rings. The van der Waals surface area contributed by atoms with Gasteiger partial charge in [0.15, 0.2) is 0 Å². The van der Waals surface area contributed by atoms with E-state index in [9.17, 15) is 13.2 Å². The Balaban J connectivity index is 1.70. The number of sulfonamides is 1. The summed E-state index contributed by atoms with van der Waals surface area (Å²) in [5.41, 5.74) is 1.83. The highest BCUT2D eigenvalue weighted by Crippen LogP contribution is 2.40. The Morgan fingerprint density at radius 1 is 1.15 bits per heavy atom. The highest BCUT2D eigenvalue weighted by atomic mass is 79.9. The van der Waals surface area contributed by atoms with Gasteiger partial charge in [0, 0.05) is 35.7 Å². The lowest BCUT2D eigenvalue weighted by Gasteiger charge is -2.34. The van der Waals surface area contributed by atoms with Crippen LogP contribution in [0.3, 0.4) is 0 Å². The normalized spacial score (nSPS) is 26.8. The van der Waals surface area contributed by atoms with Crippen molar-refractivity contribution < 1.29 is 13.2 Å². The van der Waals surface area contributed by atoms with E-state index < -0.39 is 10.0 Å². The molecule has 2 aliphatic heterocycles. The van der Waals surface area contributed by atoms with E-state index in [1.54, 1.807) is 15.3 Å². The molecular weight excluding hydrogens is 416 g/mol. The van der Waals surface area contributed by atoms with Gasteiger partial charge in [-0.3, -0.25) is 4.79 Å². The standard InChI is InChI=1S/C19H25BrN2O3S/c1-12-7-13(2)11-21(10-12)26(24,25)18-9-17-15(8-16(18)20)5-6-22(17)19(23)14-3-4-14/h8-9,12-14H,3-7,10-11H2,1-2H3/t12-,13-/m0/s1. The fourth-order valence-corrected chi connectivity index (χ4v) is 7.06. The van der Waals surface area contributed by atoms with Crippen LogP contribution in [0.25, 0.3) is 0 Å². The van der Waals surface area contributed by atoms with Crippen LogP contribution in [0, 0.1) is 17.8 Å². The molecule has 2 heterocycles. The largest absolute Gasteiger partial charge is 0.312 e. The number of hydrogen-bond acceptors (Lipinski definition) is 3. The summed E-state index contributed by atoms with van der Waals surface area (Å²) < 4.78 is 28.8. The van der Waals surface area contributed by atoms with Crippen LogP contribution in [0.15, 0.2) is 21.5 Å². The first-order chi connectivity index (χ1) is 12.3. The Hall–Kier alpha value is -0.920. The van der Waals surface area contributed by atoms with Gasteiger partial charge in [0.1, 0.15) is 0 Å². The van der Waals surface area contributed by atoms with E-state index in [0.29, 0.717) is 35.9 Å². The van der Waals surface area contributed by atoms with Crippen LogP contribution in [-0.2, 0) is 21.2 Å². The number of nitrogens with zero attached hydrogens (tertiary/aromatic N) is 2. The first kappa shape index (κ1) is 18.4. The number of piperidine rings is 1. The summed E-state index contributed by atoms with van der Waals surface area (Å²) in [7, 11) is -3.59. The number of halogens is 1. The molecule has 26 heavy (non-hydrogen) atoms. The average Bonchev–Trinajstić information content (AvgIpc) is 3.33. The van der Waals surface area contributed by atoms with E-state index in [-0.39, 0.29) is 16.7 Å². The summed E-state index contributed by atoms with van der Waals surface area (Å²) in [4.78, 5) is 14.6. The van der Waals surface area contributed by atoms with Gasteiger partial charge >= 0.3 is 0 Å². The maximum atomic E-state index is 13.3. The van der Waals surface area contributed by atoms with Gasteiger partial charge < -0.3 is 4.90 Å². The topological polar surface area (TPSA) is 57.7 Å². The van der Waals surface area contributed by atoms with Crippen molar-refractivity contribution in [1.29, 1.82) is 0 Å². The van der Waals surface area contributed by atoms with Gasteiger partial charge in [0.05, 0.1) is 4.90 Å². The molecule has 1 saturated carbocycles. The van der Waals surface area contributed by atoms with Crippen molar-refractivity contribution in [3.63, 3.8) is 0 Å². The Morgan fingerprint density at radius 3 is 2.42 bits per heavy atom. The number of amides is 1. The molecule has 3 aliphatic rings. The Morgan fingerprint density at radius 2 is 1.81 bits per heavy atom. The summed E-state index contributed by atoms with van der Waals surface area (Å²) in [5, 5.41) is 0. The molecule has 1 aliphatic carbocycles. The molecule has 4 rings (SSSR count). The molecule has 1 aromatic rings. The van der Waals surface area contributed by atoms with Gasteiger partial charge in [-0.1, -0.05) is 13.8 Å². The predicted molar refractivity (Wildman–Crippen MR) is 105 cm³/mol. The van der Waals surface area contributed by atoms with Crippen molar-refractivity contribution in [2.45, 2.75) is 44.4 Å². The molecule has 0 aromatic heterocycles. The number of hydrogen-bond donors (Lipinski definition) is 0. The lowest BCUT2D eigenvalue weighted by atomic mass is 9.94. The maximum Gasteiger partial charge on any atom is 0.244 e. The highest BCUT2D eigenvalue weighted by molar-refractivity contribution is 9.10. The maximum absolute atomic E-state index is 13.3. The van der Waals surface area contributed by atoms with E-state index in [4.69, 9.17) is 0 Å². The highest BCUT2D eigenvalue weighted by Gasteiger charge is 2.38. The molecule has 0 N–H and O–H groups in total. The Labute approximate surface area is 163 Å². The van der Waals surface area contributed by atoms with Crippen molar-refractivity contribution in [1.82, 2.24) is 4.31 Å². The molecule has 142 valence electrons. The van der Waals surface area contributed by atoms with E-state index in [1.165, 1.54) is 0 Å². The molecule has 0 spiro atoms. The van der Waals surface area contributed by atoms with Crippen molar-refractivity contribution >= 4 is 37.5 Å². The second-order valence-electron chi connectivity index (χ2n) is 8.19. The lowest BCUT2D eigenvalue weighted by Crippen LogP contribution is -2.42. The third kappa shape index (κ3) is 3.22. The SMILES string of the molecule is C[C@H]1C[C@H](C)CN(S(=O)(=O)c2cc3c(cc2Br)CCN3C(=O)C2CC2)C1. The average molecular weight is 441 g/mol. The summed E-state index contributed by atoms with van der Waals surface area (Å²) in [6, 6.07) is 3.60. The van der Waals surface area contributed by atoms with E-state index in [0.717, 1.165) is 36.9 Å². The van der Waals surface area contributed by atoms with Crippen molar-refractivity contribution in [2.75, 3.05) is 24.5 Å². The lowest BCUT2D eigenvalue weighted by molar-refractivity contribution is -0.119. The fourth-order valence-electron chi connectivity index (χ4n) is 4.31. The molecule has 1 saturated heterocycles. The van der Waals surface area contributed by atoms with Gasteiger partial charge in [-0.15, -0.1) is 0 Å². The van der Waals surface area contributed by atoms with E-state index in [1.807, 2.05) is 6.07 Å². The molecule has 0 unspecified atom stereocenters. The van der Waals surface area contributed by atoms with Crippen LogP contribution >= 0.6 is 15.9 Å². The number of fused-ring (bicyclic) bond motifs is 1. The minimum absolute atomic E-state index is 0.133. The molecule has 0 radical (unpaired) electrons. The third-order valence-electron chi connectivity index (χ3n) is 5.67. The van der Waals surface area contributed by atoms with Crippen molar-refractivity contribution in [2.24, 2.45) is 17.8 Å². The van der Waals surface area contributed by atoms with Gasteiger partial charge in [0.25, 0.3) is 0 Å². The molecular formula is C19H25BrN2O3S. The van der Waals surface area contributed by atoms with Gasteiger partial charge in [-0.2, -0.15) is 4.31 Å². The van der Waals surface area contributed by atoms with Gasteiger partial charge in [-0.05, 0) is 71.1 Å². The third-order valence-corrected chi connectivity index (χ3v) is 8.46. The molecule has 7 heteroatoms. The minimum atomic E-state index is -3.59. The van der Waals surface area contributed by atoms with Gasteiger partial charge in [0.2, 0.25) is 15.9 Å². The molecule has 1 amide bonds. The first-order valence-corrected chi connectivity index (χ1v) is 11.6. The zero-order chi connectivity index (χ0) is 18.6. The van der Waals surface area contributed by atoms with E-state index >= 15 is 0 Å². The van der Waals surface area contributed by atoms with Crippen LogP contribution in [-0.4, -0.2) is 38.3 Å². The quantitative estimate of drug-likeness (QED) is 0.723. The van der Waals surface area contributed by atoms with E-state index in [2.05, 4.69) is 29.8 Å². The van der Waals surface area contributed by atoms with Crippen LogP contribution in [0.1, 0.15) is 38.7 Å². The Kier molecular flexibility index (Phi) is 4.68. The smallest absolute Gasteiger partial charge is 0.244 e. The van der Waals surface area contributed by atoms with Crippen LogP contribution in [0.5, 0.6) is 0 Å². The molecule has 0 bridgehead atoms. The van der Waals surface area contributed by atoms with Crippen molar-refractivity contribution in [3.8, 4) is 0 Å². The fraction of sp³-hybridized carbons (Fsp3) is 0.632. The Bertz CT molecular complexity index is 841. The first-order valence-electron chi connectivity index (χ1n) is 9.41. The number of rotatable bonds is 3. The summed E-state index contributed by atoms with van der Waals surface area (Å²) in [5.74, 6) is 0.993. The molecule has 2 atom stereocenters. The minimum Gasteiger partial charge on any atom is -0.312 e. The second-order valence-corrected chi connectivity index (χ2v) is 11.0. The number of carbonyl (C=O) groups excluding carboxylic acids is 1. The monoisotopic (exact) mass is 440 g/mol. The zero-order valence-corrected chi connectivity index (χ0v) is 17.6.